The van der Waals surface area contributed by atoms with E-state index in [1.54, 1.807) is 17.8 Å². The molecule has 0 unspecified atom stereocenters. The second-order valence-corrected chi connectivity index (χ2v) is 4.98. The Labute approximate surface area is 110 Å². The summed E-state index contributed by atoms with van der Waals surface area (Å²) in [4.78, 5) is 10.9. The lowest BCUT2D eigenvalue weighted by atomic mass is 10.1. The number of hydrogen-bond acceptors (Lipinski definition) is 3. The van der Waals surface area contributed by atoms with Crippen molar-refractivity contribution in [3.63, 3.8) is 0 Å². The van der Waals surface area contributed by atoms with Crippen LogP contribution in [0.4, 0.5) is 0 Å². The van der Waals surface area contributed by atoms with E-state index in [9.17, 15) is 4.79 Å². The number of rotatable bonds is 5. The van der Waals surface area contributed by atoms with Crippen LogP contribution in [0, 0.1) is 6.92 Å². The number of aryl methyl sites for hydroxylation is 1. The number of benzene rings is 1. The zero-order chi connectivity index (χ0) is 13.0. The van der Waals surface area contributed by atoms with Gasteiger partial charge in [0.25, 0.3) is 0 Å². The second-order valence-electron chi connectivity index (χ2n) is 4.00. The monoisotopic (exact) mass is 262 g/mol. The van der Waals surface area contributed by atoms with E-state index < -0.39 is 5.97 Å². The Bertz CT molecular complexity index is 545. The maximum Gasteiger partial charge on any atom is 0.372 e. The molecular weight excluding hydrogens is 248 g/mol. The van der Waals surface area contributed by atoms with E-state index in [1.165, 1.54) is 17.4 Å². The van der Waals surface area contributed by atoms with Gasteiger partial charge < -0.3 is 9.52 Å². The van der Waals surface area contributed by atoms with Crippen LogP contribution in [0.5, 0.6) is 0 Å². The third kappa shape index (κ3) is 2.96. The average Bonchev–Trinajstić information content (AvgIpc) is 2.80. The highest BCUT2D eigenvalue weighted by atomic mass is 32.2. The summed E-state index contributed by atoms with van der Waals surface area (Å²) in [5.74, 6) is 0.558. The zero-order valence-corrected chi connectivity index (χ0v) is 10.9. The molecule has 1 aromatic carbocycles. The van der Waals surface area contributed by atoms with Crippen LogP contribution in [0.2, 0.25) is 0 Å². The van der Waals surface area contributed by atoms with E-state index >= 15 is 0 Å². The number of hydrogen-bond donors (Lipinski definition) is 1. The zero-order valence-electron chi connectivity index (χ0n) is 10.1. The van der Waals surface area contributed by atoms with E-state index in [2.05, 4.69) is 19.1 Å². The van der Waals surface area contributed by atoms with Crippen molar-refractivity contribution >= 4 is 17.7 Å². The molecule has 2 rings (SSSR count). The summed E-state index contributed by atoms with van der Waals surface area (Å²) in [5, 5.41) is 8.91. The van der Waals surface area contributed by atoms with Gasteiger partial charge in [-0.05, 0) is 24.1 Å². The van der Waals surface area contributed by atoms with Crippen molar-refractivity contribution in [2.45, 2.75) is 18.4 Å². The van der Waals surface area contributed by atoms with Crippen LogP contribution in [0.1, 0.15) is 27.2 Å². The fraction of sp³-hybridized carbons (Fsp3) is 0.214. The van der Waals surface area contributed by atoms with E-state index in [0.717, 1.165) is 11.3 Å². The van der Waals surface area contributed by atoms with Crippen molar-refractivity contribution < 1.29 is 14.3 Å². The SMILES string of the molecule is Cc1ccccc1CSCc1ccoc1C(=O)O. The van der Waals surface area contributed by atoms with Crippen molar-refractivity contribution in [3.05, 3.63) is 59.0 Å². The molecule has 1 heterocycles. The Morgan fingerprint density at radius 3 is 2.67 bits per heavy atom. The highest BCUT2D eigenvalue weighted by Crippen LogP contribution is 2.22. The molecule has 1 N–H and O–H groups in total. The maximum atomic E-state index is 10.9. The van der Waals surface area contributed by atoms with Crippen molar-refractivity contribution in [1.82, 2.24) is 0 Å². The van der Waals surface area contributed by atoms with Gasteiger partial charge in [0.1, 0.15) is 0 Å². The number of carboxylic acids is 1. The van der Waals surface area contributed by atoms with Crippen LogP contribution >= 0.6 is 11.8 Å². The molecule has 0 bridgehead atoms. The predicted octanol–water partition coefficient (Wildman–Crippen LogP) is 3.72. The van der Waals surface area contributed by atoms with Gasteiger partial charge >= 0.3 is 5.97 Å². The van der Waals surface area contributed by atoms with Gasteiger partial charge in [-0.2, -0.15) is 11.8 Å². The van der Waals surface area contributed by atoms with Crippen molar-refractivity contribution in [2.75, 3.05) is 0 Å². The second kappa shape index (κ2) is 5.78. The van der Waals surface area contributed by atoms with Crippen LogP contribution in [-0.4, -0.2) is 11.1 Å². The summed E-state index contributed by atoms with van der Waals surface area (Å²) in [6.45, 7) is 2.08. The fourth-order valence-corrected chi connectivity index (χ4v) is 2.77. The third-order valence-corrected chi connectivity index (χ3v) is 3.75. The lowest BCUT2D eigenvalue weighted by Crippen LogP contribution is -1.97. The number of thioether (sulfide) groups is 1. The van der Waals surface area contributed by atoms with Crippen LogP contribution < -0.4 is 0 Å². The number of carboxylic acid groups (broad SMARTS) is 1. The standard InChI is InChI=1S/C14H14O3S/c1-10-4-2-3-5-11(10)8-18-9-12-6-7-17-13(12)14(15)16/h2-7H,8-9H2,1H3,(H,15,16). The van der Waals surface area contributed by atoms with Gasteiger partial charge in [0.05, 0.1) is 6.26 Å². The molecule has 0 aliphatic rings. The largest absolute Gasteiger partial charge is 0.475 e. The predicted molar refractivity (Wildman–Crippen MR) is 71.8 cm³/mol. The molecule has 0 saturated heterocycles. The highest BCUT2D eigenvalue weighted by molar-refractivity contribution is 7.97. The van der Waals surface area contributed by atoms with E-state index in [1.807, 2.05) is 12.1 Å². The van der Waals surface area contributed by atoms with Crippen molar-refractivity contribution in [1.29, 1.82) is 0 Å². The van der Waals surface area contributed by atoms with Gasteiger partial charge in [-0.1, -0.05) is 24.3 Å². The molecule has 0 radical (unpaired) electrons. The molecule has 0 atom stereocenters. The summed E-state index contributed by atoms with van der Waals surface area (Å²) in [5.41, 5.74) is 3.28. The molecule has 94 valence electrons. The number of aromatic carboxylic acids is 1. The topological polar surface area (TPSA) is 50.4 Å². The summed E-state index contributed by atoms with van der Waals surface area (Å²) in [6, 6.07) is 9.92. The molecule has 3 nitrogen and oxygen atoms in total. The average molecular weight is 262 g/mol. The molecule has 1 aromatic heterocycles. The molecular formula is C14H14O3S. The Kier molecular flexibility index (Phi) is 4.10. The van der Waals surface area contributed by atoms with Crippen LogP contribution in [-0.2, 0) is 11.5 Å². The van der Waals surface area contributed by atoms with Crippen LogP contribution in [0.25, 0.3) is 0 Å². The minimum absolute atomic E-state index is 0.0484. The molecule has 0 fully saturated rings. The van der Waals surface area contributed by atoms with Crippen molar-refractivity contribution in [2.24, 2.45) is 0 Å². The summed E-state index contributed by atoms with van der Waals surface area (Å²) in [7, 11) is 0. The first-order valence-corrected chi connectivity index (χ1v) is 6.76. The molecule has 0 aliphatic carbocycles. The minimum atomic E-state index is -1.01. The maximum absolute atomic E-state index is 10.9. The first-order chi connectivity index (χ1) is 8.68. The highest BCUT2D eigenvalue weighted by Gasteiger charge is 2.13. The van der Waals surface area contributed by atoms with Crippen LogP contribution in [0.15, 0.2) is 41.0 Å². The summed E-state index contributed by atoms with van der Waals surface area (Å²) >= 11 is 1.69. The molecule has 0 aliphatic heterocycles. The Hall–Kier alpha value is -1.68. The first kappa shape index (κ1) is 12.8. The van der Waals surface area contributed by atoms with Crippen molar-refractivity contribution in [3.8, 4) is 0 Å². The Morgan fingerprint density at radius 2 is 1.94 bits per heavy atom. The minimum Gasteiger partial charge on any atom is -0.475 e. The van der Waals surface area contributed by atoms with Gasteiger partial charge in [-0.25, -0.2) is 4.79 Å². The van der Waals surface area contributed by atoms with Gasteiger partial charge in [-0.3, -0.25) is 0 Å². The van der Waals surface area contributed by atoms with Gasteiger partial charge in [-0.15, -0.1) is 0 Å². The quantitative estimate of drug-likeness (QED) is 0.892. The number of furan rings is 1. The summed E-state index contributed by atoms with van der Waals surface area (Å²) < 4.78 is 4.94. The molecule has 2 aromatic rings. The lowest BCUT2D eigenvalue weighted by molar-refractivity contribution is 0.0661. The summed E-state index contributed by atoms with van der Waals surface area (Å²) in [6.07, 6.45) is 1.42. The Morgan fingerprint density at radius 1 is 1.22 bits per heavy atom. The third-order valence-electron chi connectivity index (χ3n) is 2.72. The van der Waals surface area contributed by atoms with Crippen LogP contribution in [0.3, 0.4) is 0 Å². The van der Waals surface area contributed by atoms with Gasteiger partial charge in [0, 0.05) is 17.1 Å². The van der Waals surface area contributed by atoms with Gasteiger partial charge in [0.2, 0.25) is 5.76 Å². The Balaban J connectivity index is 1.95. The van der Waals surface area contributed by atoms with E-state index in [-0.39, 0.29) is 5.76 Å². The first-order valence-electron chi connectivity index (χ1n) is 5.60. The fourth-order valence-electron chi connectivity index (χ4n) is 1.68. The molecule has 18 heavy (non-hydrogen) atoms. The molecule has 0 amide bonds. The normalized spacial score (nSPS) is 10.5. The van der Waals surface area contributed by atoms with E-state index in [4.69, 9.17) is 9.52 Å². The molecule has 0 spiro atoms. The molecule has 4 heteroatoms. The molecule has 0 saturated carbocycles. The van der Waals surface area contributed by atoms with E-state index in [0.29, 0.717) is 5.75 Å². The van der Waals surface area contributed by atoms with Gasteiger partial charge in [0.15, 0.2) is 0 Å². The lowest BCUT2D eigenvalue weighted by Gasteiger charge is -2.04. The number of carbonyl (C=O) groups is 1. The smallest absolute Gasteiger partial charge is 0.372 e.